The summed E-state index contributed by atoms with van der Waals surface area (Å²) in [6.45, 7) is 4.81. The quantitative estimate of drug-likeness (QED) is 0.900. The van der Waals surface area contributed by atoms with E-state index >= 15 is 0 Å². The van der Waals surface area contributed by atoms with E-state index in [4.69, 9.17) is 9.52 Å². The molecule has 0 aliphatic carbocycles. The highest BCUT2D eigenvalue weighted by Crippen LogP contribution is 2.25. The molecule has 0 spiro atoms. The van der Waals surface area contributed by atoms with Gasteiger partial charge in [0.15, 0.2) is 5.76 Å². The molecule has 2 aromatic rings. The number of carbonyl (C=O) groups excluding carboxylic acids is 1. The molecule has 0 aliphatic rings. The maximum Gasteiger partial charge on any atom is 0.289 e. The van der Waals surface area contributed by atoms with Crippen molar-refractivity contribution < 1.29 is 14.3 Å². The third-order valence-corrected chi connectivity index (χ3v) is 3.19. The Kier molecular flexibility index (Phi) is 4.22. The third kappa shape index (κ3) is 2.63. The summed E-state index contributed by atoms with van der Waals surface area (Å²) in [5.74, 6) is 0.229. The first-order valence-corrected chi connectivity index (χ1v) is 6.57. The number of aliphatic hydroxyl groups excluding tert-OH is 1. The topological polar surface area (TPSA) is 53.7 Å². The fourth-order valence-corrected chi connectivity index (χ4v) is 2.23. The molecule has 4 heteroatoms. The number of aryl methyl sites for hydroxylation is 1. The van der Waals surface area contributed by atoms with E-state index < -0.39 is 0 Å². The minimum atomic E-state index is -0.149. The number of hydrogen-bond donors (Lipinski definition) is 1. The van der Waals surface area contributed by atoms with Gasteiger partial charge in [-0.05, 0) is 19.4 Å². The SMILES string of the molecule is CCCN(CCO)C(=O)c1oc2ccccc2c1C. The highest BCUT2D eigenvalue weighted by atomic mass is 16.3. The van der Waals surface area contributed by atoms with E-state index in [1.807, 2.05) is 38.1 Å². The van der Waals surface area contributed by atoms with Gasteiger partial charge in [0.25, 0.3) is 5.91 Å². The van der Waals surface area contributed by atoms with Crippen LogP contribution >= 0.6 is 0 Å². The summed E-state index contributed by atoms with van der Waals surface area (Å²) in [6, 6.07) is 7.62. The first-order valence-electron chi connectivity index (χ1n) is 6.57. The molecule has 102 valence electrons. The second kappa shape index (κ2) is 5.89. The first kappa shape index (κ1) is 13.6. The Morgan fingerprint density at radius 3 is 2.68 bits per heavy atom. The lowest BCUT2D eigenvalue weighted by Gasteiger charge is -2.19. The van der Waals surface area contributed by atoms with Gasteiger partial charge in [-0.25, -0.2) is 0 Å². The fourth-order valence-electron chi connectivity index (χ4n) is 2.23. The average molecular weight is 261 g/mol. The number of hydrogen-bond acceptors (Lipinski definition) is 3. The Morgan fingerprint density at radius 1 is 1.32 bits per heavy atom. The van der Waals surface area contributed by atoms with Crippen LogP contribution < -0.4 is 0 Å². The van der Waals surface area contributed by atoms with Crippen LogP contribution in [0.3, 0.4) is 0 Å². The van der Waals surface area contributed by atoms with Crippen LogP contribution in [0.2, 0.25) is 0 Å². The molecule has 0 atom stereocenters. The minimum Gasteiger partial charge on any atom is -0.451 e. The van der Waals surface area contributed by atoms with E-state index in [0.717, 1.165) is 23.0 Å². The van der Waals surface area contributed by atoms with Crippen LogP contribution in [0.5, 0.6) is 0 Å². The van der Waals surface area contributed by atoms with Gasteiger partial charge in [-0.1, -0.05) is 25.1 Å². The lowest BCUT2D eigenvalue weighted by molar-refractivity contribution is 0.0691. The third-order valence-electron chi connectivity index (χ3n) is 3.19. The smallest absolute Gasteiger partial charge is 0.289 e. The molecular formula is C15H19NO3. The van der Waals surface area contributed by atoms with Crippen LogP contribution in [-0.2, 0) is 0 Å². The predicted molar refractivity (Wildman–Crippen MR) is 74.2 cm³/mol. The van der Waals surface area contributed by atoms with Crippen molar-refractivity contribution in [2.24, 2.45) is 0 Å². The van der Waals surface area contributed by atoms with Crippen molar-refractivity contribution in [3.63, 3.8) is 0 Å². The van der Waals surface area contributed by atoms with Crippen LogP contribution in [0.4, 0.5) is 0 Å². The van der Waals surface area contributed by atoms with Crippen molar-refractivity contribution in [1.29, 1.82) is 0 Å². The second-order valence-corrected chi connectivity index (χ2v) is 4.57. The largest absolute Gasteiger partial charge is 0.451 e. The Labute approximate surface area is 112 Å². The summed E-state index contributed by atoms with van der Waals surface area (Å²) >= 11 is 0. The van der Waals surface area contributed by atoms with E-state index in [1.54, 1.807) is 4.90 Å². The Balaban J connectivity index is 2.37. The van der Waals surface area contributed by atoms with Gasteiger partial charge < -0.3 is 14.4 Å². The molecule has 0 unspecified atom stereocenters. The molecule has 0 saturated carbocycles. The molecule has 19 heavy (non-hydrogen) atoms. The van der Waals surface area contributed by atoms with Crippen LogP contribution in [0.15, 0.2) is 28.7 Å². The Bertz CT molecular complexity index is 568. The zero-order valence-electron chi connectivity index (χ0n) is 11.3. The van der Waals surface area contributed by atoms with E-state index in [9.17, 15) is 4.79 Å². The number of furan rings is 1. The normalized spacial score (nSPS) is 10.9. The molecule has 1 heterocycles. The number of aliphatic hydroxyl groups is 1. The molecule has 0 bridgehead atoms. The van der Waals surface area contributed by atoms with Gasteiger partial charge in [0.1, 0.15) is 5.58 Å². The number of para-hydroxylation sites is 1. The maximum absolute atomic E-state index is 12.4. The monoisotopic (exact) mass is 261 g/mol. The van der Waals surface area contributed by atoms with E-state index in [-0.39, 0.29) is 12.5 Å². The molecule has 1 amide bonds. The summed E-state index contributed by atoms with van der Waals surface area (Å²) in [5, 5.41) is 10.0. The molecular weight excluding hydrogens is 242 g/mol. The molecule has 0 radical (unpaired) electrons. The Hall–Kier alpha value is -1.81. The zero-order chi connectivity index (χ0) is 13.8. The number of amides is 1. The van der Waals surface area contributed by atoms with Crippen molar-refractivity contribution in [2.75, 3.05) is 19.7 Å². The summed E-state index contributed by atoms with van der Waals surface area (Å²) < 4.78 is 5.66. The van der Waals surface area contributed by atoms with Crippen molar-refractivity contribution in [1.82, 2.24) is 4.90 Å². The van der Waals surface area contributed by atoms with Gasteiger partial charge in [-0.2, -0.15) is 0 Å². The van der Waals surface area contributed by atoms with Crippen molar-refractivity contribution in [3.05, 3.63) is 35.6 Å². The lowest BCUT2D eigenvalue weighted by atomic mass is 10.1. The molecule has 1 aromatic carbocycles. The molecule has 1 N–H and O–H groups in total. The van der Waals surface area contributed by atoms with E-state index in [0.29, 0.717) is 18.8 Å². The highest BCUT2D eigenvalue weighted by Gasteiger charge is 2.22. The van der Waals surface area contributed by atoms with Gasteiger partial charge in [-0.15, -0.1) is 0 Å². The molecule has 1 aromatic heterocycles. The van der Waals surface area contributed by atoms with Crippen molar-refractivity contribution >= 4 is 16.9 Å². The molecule has 0 fully saturated rings. The van der Waals surface area contributed by atoms with E-state index in [1.165, 1.54) is 0 Å². The zero-order valence-corrected chi connectivity index (χ0v) is 11.3. The number of nitrogens with zero attached hydrogens (tertiary/aromatic N) is 1. The van der Waals surface area contributed by atoms with Gasteiger partial charge >= 0.3 is 0 Å². The van der Waals surface area contributed by atoms with Gasteiger partial charge in [-0.3, -0.25) is 4.79 Å². The molecule has 2 rings (SSSR count). The van der Waals surface area contributed by atoms with Crippen LogP contribution in [0.1, 0.15) is 29.5 Å². The van der Waals surface area contributed by atoms with Crippen LogP contribution in [0, 0.1) is 6.92 Å². The van der Waals surface area contributed by atoms with Crippen molar-refractivity contribution in [3.8, 4) is 0 Å². The van der Waals surface area contributed by atoms with Crippen LogP contribution in [-0.4, -0.2) is 35.6 Å². The number of benzene rings is 1. The van der Waals surface area contributed by atoms with E-state index in [2.05, 4.69) is 0 Å². The van der Waals surface area contributed by atoms with Crippen molar-refractivity contribution in [2.45, 2.75) is 20.3 Å². The summed E-state index contributed by atoms with van der Waals surface area (Å²) in [6.07, 6.45) is 0.852. The molecule has 0 saturated heterocycles. The number of fused-ring (bicyclic) bond motifs is 1. The highest BCUT2D eigenvalue weighted by molar-refractivity contribution is 5.98. The predicted octanol–water partition coefficient (Wildman–Crippen LogP) is 2.59. The van der Waals surface area contributed by atoms with Crippen LogP contribution in [0.25, 0.3) is 11.0 Å². The summed E-state index contributed by atoms with van der Waals surface area (Å²) in [4.78, 5) is 14.1. The van der Waals surface area contributed by atoms with Gasteiger partial charge in [0.05, 0.1) is 6.61 Å². The summed E-state index contributed by atoms with van der Waals surface area (Å²) in [5.41, 5.74) is 1.59. The van der Waals surface area contributed by atoms with Gasteiger partial charge in [0.2, 0.25) is 0 Å². The second-order valence-electron chi connectivity index (χ2n) is 4.57. The fraction of sp³-hybridized carbons (Fsp3) is 0.400. The average Bonchev–Trinajstić information content (AvgIpc) is 2.76. The standard InChI is InChI=1S/C15H19NO3/c1-3-8-16(9-10-17)15(18)14-11(2)12-6-4-5-7-13(12)19-14/h4-7,17H,3,8-10H2,1-2H3. The Morgan fingerprint density at radius 2 is 2.05 bits per heavy atom. The summed E-state index contributed by atoms with van der Waals surface area (Å²) in [7, 11) is 0. The first-order chi connectivity index (χ1) is 9.19. The lowest BCUT2D eigenvalue weighted by Crippen LogP contribution is -2.34. The molecule has 0 aliphatic heterocycles. The maximum atomic E-state index is 12.4. The number of rotatable bonds is 5. The molecule has 4 nitrogen and oxygen atoms in total. The minimum absolute atomic E-state index is 0.0367. The number of carbonyl (C=O) groups is 1. The van der Waals surface area contributed by atoms with Gasteiger partial charge in [0, 0.05) is 24.0 Å².